The van der Waals surface area contributed by atoms with Crippen molar-refractivity contribution in [1.29, 1.82) is 0 Å². The van der Waals surface area contributed by atoms with E-state index in [1.54, 1.807) is 0 Å². The molecule has 0 aromatic heterocycles. The van der Waals surface area contributed by atoms with Gasteiger partial charge in [-0.3, -0.25) is 4.79 Å². The van der Waals surface area contributed by atoms with Crippen molar-refractivity contribution in [3.63, 3.8) is 0 Å². The number of carbonyl (C=O) groups excluding carboxylic acids is 1. The van der Waals surface area contributed by atoms with Crippen molar-refractivity contribution >= 4 is 40.1 Å². The first kappa shape index (κ1) is 15.8. The second-order valence-corrected chi connectivity index (χ2v) is 6.20. The molecule has 0 aliphatic rings. The molecular formula is C14H19ClINO. The van der Waals surface area contributed by atoms with Crippen LogP contribution < -0.4 is 5.32 Å². The molecule has 0 fully saturated rings. The van der Waals surface area contributed by atoms with E-state index < -0.39 is 0 Å². The van der Waals surface area contributed by atoms with Crippen LogP contribution in [0.15, 0.2) is 18.2 Å². The SMILES string of the molecule is CCC(C)(CCCl)NC(=O)c1cccc(C)c1I. The lowest BCUT2D eigenvalue weighted by Crippen LogP contribution is -2.46. The second kappa shape index (κ2) is 6.75. The van der Waals surface area contributed by atoms with Gasteiger partial charge >= 0.3 is 0 Å². The molecule has 0 spiro atoms. The summed E-state index contributed by atoms with van der Waals surface area (Å²) in [6, 6.07) is 5.79. The Hall–Kier alpha value is -0.290. The molecule has 4 heteroatoms. The van der Waals surface area contributed by atoms with Crippen molar-refractivity contribution < 1.29 is 4.79 Å². The third-order valence-electron chi connectivity index (χ3n) is 3.28. The molecular weight excluding hydrogens is 361 g/mol. The molecule has 2 nitrogen and oxygen atoms in total. The first-order valence-electron chi connectivity index (χ1n) is 6.07. The lowest BCUT2D eigenvalue weighted by molar-refractivity contribution is 0.0900. The summed E-state index contributed by atoms with van der Waals surface area (Å²) < 4.78 is 1.01. The van der Waals surface area contributed by atoms with Crippen LogP contribution in [-0.4, -0.2) is 17.3 Å². The number of rotatable bonds is 5. The van der Waals surface area contributed by atoms with Crippen molar-refractivity contribution in [2.75, 3.05) is 5.88 Å². The Kier molecular flexibility index (Phi) is 5.92. The van der Waals surface area contributed by atoms with Crippen LogP contribution in [0.3, 0.4) is 0 Å². The van der Waals surface area contributed by atoms with E-state index in [0.29, 0.717) is 5.88 Å². The number of halogens is 2. The van der Waals surface area contributed by atoms with Crippen LogP contribution in [0.25, 0.3) is 0 Å². The Bertz CT molecular complexity index is 436. The number of benzene rings is 1. The summed E-state index contributed by atoms with van der Waals surface area (Å²) >= 11 is 8.02. The van der Waals surface area contributed by atoms with Crippen molar-refractivity contribution in [1.82, 2.24) is 5.32 Å². The Morgan fingerprint density at radius 1 is 1.50 bits per heavy atom. The predicted molar refractivity (Wildman–Crippen MR) is 85.4 cm³/mol. The summed E-state index contributed by atoms with van der Waals surface area (Å²) in [5.74, 6) is 0.535. The Morgan fingerprint density at radius 3 is 2.72 bits per heavy atom. The van der Waals surface area contributed by atoms with Gasteiger partial charge < -0.3 is 5.32 Å². The van der Waals surface area contributed by atoms with Gasteiger partial charge in [0.15, 0.2) is 0 Å². The van der Waals surface area contributed by atoms with Gasteiger partial charge in [0.2, 0.25) is 0 Å². The summed E-state index contributed by atoms with van der Waals surface area (Å²) in [5, 5.41) is 3.10. The molecule has 0 bridgehead atoms. The molecule has 100 valence electrons. The van der Waals surface area contributed by atoms with Crippen molar-refractivity contribution in [2.45, 2.75) is 39.2 Å². The molecule has 18 heavy (non-hydrogen) atoms. The first-order chi connectivity index (χ1) is 8.43. The van der Waals surface area contributed by atoms with E-state index in [2.05, 4.69) is 34.8 Å². The molecule has 1 unspecified atom stereocenters. The van der Waals surface area contributed by atoms with Gasteiger partial charge in [-0.15, -0.1) is 11.6 Å². The van der Waals surface area contributed by atoms with Gasteiger partial charge in [0.1, 0.15) is 0 Å². The lowest BCUT2D eigenvalue weighted by Gasteiger charge is -2.29. The number of nitrogens with one attached hydrogen (secondary N) is 1. The van der Waals surface area contributed by atoms with E-state index in [9.17, 15) is 4.79 Å². The molecule has 1 N–H and O–H groups in total. The number of hydrogen-bond donors (Lipinski definition) is 1. The van der Waals surface area contributed by atoms with Crippen LogP contribution in [-0.2, 0) is 0 Å². The van der Waals surface area contributed by atoms with Crippen LogP contribution in [0.5, 0.6) is 0 Å². The minimum absolute atomic E-state index is 0.0161. The van der Waals surface area contributed by atoms with Crippen molar-refractivity contribution in [3.8, 4) is 0 Å². The fourth-order valence-electron chi connectivity index (χ4n) is 1.70. The van der Waals surface area contributed by atoms with Gasteiger partial charge in [-0.25, -0.2) is 0 Å². The minimum atomic E-state index is -0.230. The smallest absolute Gasteiger partial charge is 0.252 e. The summed E-state index contributed by atoms with van der Waals surface area (Å²) in [7, 11) is 0. The standard InChI is InChI=1S/C14H19ClINO/c1-4-14(3,8-9-15)17-13(18)11-7-5-6-10(2)12(11)16/h5-7H,4,8-9H2,1-3H3,(H,17,18). The largest absolute Gasteiger partial charge is 0.347 e. The normalized spacial score (nSPS) is 14.1. The molecule has 1 amide bonds. The molecule has 0 aliphatic carbocycles. The van der Waals surface area contributed by atoms with E-state index in [-0.39, 0.29) is 11.4 Å². The fraction of sp³-hybridized carbons (Fsp3) is 0.500. The van der Waals surface area contributed by atoms with Gasteiger partial charge in [0.05, 0.1) is 5.56 Å². The zero-order valence-corrected chi connectivity index (χ0v) is 13.9. The Morgan fingerprint density at radius 2 is 2.17 bits per heavy atom. The summed E-state index contributed by atoms with van der Waals surface area (Å²) in [6.07, 6.45) is 1.65. The fourth-order valence-corrected chi connectivity index (χ4v) is 2.72. The molecule has 1 aromatic rings. The number of amides is 1. The van der Waals surface area contributed by atoms with Crippen LogP contribution in [0.1, 0.15) is 42.6 Å². The zero-order chi connectivity index (χ0) is 13.8. The summed E-state index contributed by atoms with van der Waals surface area (Å²) in [5.41, 5.74) is 1.63. The van der Waals surface area contributed by atoms with E-state index in [4.69, 9.17) is 11.6 Å². The number of aryl methyl sites for hydroxylation is 1. The maximum absolute atomic E-state index is 12.3. The van der Waals surface area contributed by atoms with Crippen molar-refractivity contribution in [3.05, 3.63) is 32.9 Å². The average molecular weight is 380 g/mol. The molecule has 1 atom stereocenters. The Balaban J connectivity index is 2.91. The van der Waals surface area contributed by atoms with E-state index in [0.717, 1.165) is 27.5 Å². The quantitative estimate of drug-likeness (QED) is 0.605. The first-order valence-corrected chi connectivity index (χ1v) is 7.68. The molecule has 0 saturated carbocycles. The van der Waals surface area contributed by atoms with Gasteiger partial charge in [0.25, 0.3) is 5.91 Å². The molecule has 0 saturated heterocycles. The number of alkyl halides is 1. The number of carbonyl (C=O) groups is 1. The molecule has 1 aromatic carbocycles. The topological polar surface area (TPSA) is 29.1 Å². The maximum atomic E-state index is 12.3. The Labute approximate surface area is 128 Å². The molecule has 1 rings (SSSR count). The van der Waals surface area contributed by atoms with Gasteiger partial charge in [0, 0.05) is 15.0 Å². The molecule has 0 heterocycles. The van der Waals surface area contributed by atoms with Crippen LogP contribution in [0.4, 0.5) is 0 Å². The van der Waals surface area contributed by atoms with E-state index >= 15 is 0 Å². The lowest BCUT2D eigenvalue weighted by atomic mass is 9.95. The highest BCUT2D eigenvalue weighted by molar-refractivity contribution is 14.1. The van der Waals surface area contributed by atoms with Crippen LogP contribution in [0, 0.1) is 10.5 Å². The highest BCUT2D eigenvalue weighted by atomic mass is 127. The maximum Gasteiger partial charge on any atom is 0.252 e. The molecule has 0 radical (unpaired) electrons. The second-order valence-electron chi connectivity index (χ2n) is 4.74. The third-order valence-corrected chi connectivity index (χ3v) is 4.90. The summed E-state index contributed by atoms with van der Waals surface area (Å²) in [6.45, 7) is 6.11. The molecule has 0 aliphatic heterocycles. The van der Waals surface area contributed by atoms with Gasteiger partial charge in [-0.05, 0) is 60.9 Å². The van der Waals surface area contributed by atoms with Gasteiger partial charge in [-0.2, -0.15) is 0 Å². The van der Waals surface area contributed by atoms with Crippen LogP contribution in [0.2, 0.25) is 0 Å². The van der Waals surface area contributed by atoms with E-state index in [1.807, 2.05) is 32.0 Å². The number of hydrogen-bond acceptors (Lipinski definition) is 1. The zero-order valence-electron chi connectivity index (χ0n) is 11.0. The van der Waals surface area contributed by atoms with Gasteiger partial charge in [-0.1, -0.05) is 19.1 Å². The average Bonchev–Trinajstić information content (AvgIpc) is 2.32. The van der Waals surface area contributed by atoms with Crippen molar-refractivity contribution in [2.24, 2.45) is 0 Å². The predicted octanol–water partition coefficient (Wildman–Crippen LogP) is 4.13. The third kappa shape index (κ3) is 3.85. The van der Waals surface area contributed by atoms with Crippen LogP contribution >= 0.6 is 34.2 Å². The monoisotopic (exact) mass is 379 g/mol. The van der Waals surface area contributed by atoms with E-state index in [1.165, 1.54) is 0 Å². The minimum Gasteiger partial charge on any atom is -0.347 e. The highest BCUT2D eigenvalue weighted by Gasteiger charge is 2.25. The summed E-state index contributed by atoms with van der Waals surface area (Å²) in [4.78, 5) is 12.3. The highest BCUT2D eigenvalue weighted by Crippen LogP contribution is 2.20.